The van der Waals surface area contributed by atoms with Gasteiger partial charge in [0, 0.05) is 38.1 Å². The first kappa shape index (κ1) is 16.4. The molecule has 0 atom stereocenters. The van der Waals surface area contributed by atoms with Crippen molar-refractivity contribution < 1.29 is 9.90 Å². The number of aromatic nitrogens is 1. The Bertz CT molecular complexity index is 474. The van der Waals surface area contributed by atoms with E-state index in [0.29, 0.717) is 13.0 Å². The molecule has 0 spiro atoms. The van der Waals surface area contributed by atoms with Crippen LogP contribution in [0.3, 0.4) is 0 Å². The van der Waals surface area contributed by atoms with Crippen molar-refractivity contribution in [2.45, 2.75) is 39.2 Å². The fourth-order valence-corrected chi connectivity index (χ4v) is 3.31. The molecule has 1 aromatic rings. The minimum Gasteiger partial charge on any atom is -0.389 e. The number of thiazole rings is 1. The summed E-state index contributed by atoms with van der Waals surface area (Å²) in [6.07, 6.45) is 1.33. The van der Waals surface area contributed by atoms with E-state index in [1.54, 1.807) is 11.3 Å². The number of β-amino-alcohol motifs (C(OH)–C–C–N with tert-alkyl or cyclic N) is 1. The Balaban J connectivity index is 1.80. The van der Waals surface area contributed by atoms with Crippen molar-refractivity contribution in [3.05, 3.63) is 16.1 Å². The van der Waals surface area contributed by atoms with E-state index in [4.69, 9.17) is 0 Å². The Morgan fingerprint density at radius 2 is 2.05 bits per heavy atom. The standard InChI is InChI=1S/C15H25N3O2S/c1-4-13-16-12(10-21-13)9-14(19)18-7-5-17(6-8-18)11-15(2,3)20/h10,20H,4-9,11H2,1-3H3. The highest BCUT2D eigenvalue weighted by atomic mass is 32.1. The second-order valence-corrected chi connectivity index (χ2v) is 7.17. The fraction of sp³-hybridized carbons (Fsp3) is 0.733. The molecular weight excluding hydrogens is 286 g/mol. The number of rotatable bonds is 5. The van der Waals surface area contributed by atoms with Gasteiger partial charge in [-0.25, -0.2) is 4.98 Å². The highest BCUT2D eigenvalue weighted by molar-refractivity contribution is 7.09. The maximum absolute atomic E-state index is 12.3. The van der Waals surface area contributed by atoms with Crippen molar-refractivity contribution in [1.82, 2.24) is 14.8 Å². The summed E-state index contributed by atoms with van der Waals surface area (Å²) in [7, 11) is 0. The van der Waals surface area contributed by atoms with Gasteiger partial charge in [0.2, 0.25) is 5.91 Å². The molecule has 6 heteroatoms. The first-order valence-corrected chi connectivity index (χ1v) is 8.41. The molecule has 1 fully saturated rings. The van der Waals surface area contributed by atoms with E-state index >= 15 is 0 Å². The lowest BCUT2D eigenvalue weighted by molar-refractivity contribution is -0.132. The molecule has 1 aromatic heterocycles. The molecule has 1 N–H and O–H groups in total. The summed E-state index contributed by atoms with van der Waals surface area (Å²) in [6, 6.07) is 0. The van der Waals surface area contributed by atoms with Crippen molar-refractivity contribution >= 4 is 17.2 Å². The molecule has 0 radical (unpaired) electrons. The largest absolute Gasteiger partial charge is 0.389 e. The van der Waals surface area contributed by atoms with Crippen LogP contribution in [-0.2, 0) is 17.6 Å². The summed E-state index contributed by atoms with van der Waals surface area (Å²) in [5, 5.41) is 12.9. The van der Waals surface area contributed by atoms with Crippen LogP contribution in [0.2, 0.25) is 0 Å². The van der Waals surface area contributed by atoms with Crippen LogP contribution in [0.15, 0.2) is 5.38 Å². The lowest BCUT2D eigenvalue weighted by Crippen LogP contribution is -2.52. The van der Waals surface area contributed by atoms with Gasteiger partial charge in [0.05, 0.1) is 22.7 Å². The number of hydrogen-bond acceptors (Lipinski definition) is 5. The molecule has 2 rings (SSSR count). The van der Waals surface area contributed by atoms with Crippen LogP contribution in [0.4, 0.5) is 0 Å². The summed E-state index contributed by atoms with van der Waals surface area (Å²) in [5.74, 6) is 0.158. The third-order valence-corrected chi connectivity index (χ3v) is 4.61. The van der Waals surface area contributed by atoms with E-state index in [1.807, 2.05) is 24.1 Å². The number of amides is 1. The lowest BCUT2D eigenvalue weighted by Gasteiger charge is -2.37. The molecule has 118 valence electrons. The zero-order chi connectivity index (χ0) is 15.5. The maximum Gasteiger partial charge on any atom is 0.228 e. The fourth-order valence-electron chi connectivity index (χ4n) is 2.56. The average Bonchev–Trinajstić information content (AvgIpc) is 2.85. The van der Waals surface area contributed by atoms with Gasteiger partial charge in [-0.3, -0.25) is 9.69 Å². The maximum atomic E-state index is 12.3. The van der Waals surface area contributed by atoms with Gasteiger partial charge in [-0.2, -0.15) is 0 Å². The Morgan fingerprint density at radius 1 is 1.38 bits per heavy atom. The van der Waals surface area contributed by atoms with Crippen LogP contribution in [0, 0.1) is 0 Å². The summed E-state index contributed by atoms with van der Waals surface area (Å²) < 4.78 is 0. The highest BCUT2D eigenvalue weighted by Crippen LogP contribution is 2.13. The number of aryl methyl sites for hydroxylation is 1. The number of aliphatic hydroxyl groups is 1. The minimum atomic E-state index is -0.677. The molecule has 5 nitrogen and oxygen atoms in total. The molecule has 21 heavy (non-hydrogen) atoms. The van der Waals surface area contributed by atoms with Gasteiger partial charge < -0.3 is 10.0 Å². The number of hydrogen-bond donors (Lipinski definition) is 1. The summed E-state index contributed by atoms with van der Waals surface area (Å²) >= 11 is 1.63. The van der Waals surface area contributed by atoms with E-state index in [9.17, 15) is 9.90 Å². The number of carbonyl (C=O) groups is 1. The normalized spacial score (nSPS) is 17.2. The highest BCUT2D eigenvalue weighted by Gasteiger charge is 2.25. The number of nitrogens with zero attached hydrogens (tertiary/aromatic N) is 3. The molecule has 0 unspecified atom stereocenters. The SMILES string of the molecule is CCc1nc(CC(=O)N2CCN(CC(C)(C)O)CC2)cs1. The zero-order valence-electron chi connectivity index (χ0n) is 13.1. The second-order valence-electron chi connectivity index (χ2n) is 6.23. The predicted octanol–water partition coefficient (Wildman–Crippen LogP) is 1.16. The topological polar surface area (TPSA) is 56.7 Å². The van der Waals surface area contributed by atoms with Gasteiger partial charge in [0.15, 0.2) is 0 Å². The third kappa shape index (κ3) is 5.05. The summed E-state index contributed by atoms with van der Waals surface area (Å²) in [4.78, 5) is 20.9. The van der Waals surface area contributed by atoms with Gasteiger partial charge in [0.25, 0.3) is 0 Å². The van der Waals surface area contributed by atoms with Gasteiger partial charge in [-0.05, 0) is 20.3 Å². The zero-order valence-corrected chi connectivity index (χ0v) is 13.9. The second kappa shape index (κ2) is 6.85. The molecule has 0 saturated carbocycles. The summed E-state index contributed by atoms with van der Waals surface area (Å²) in [6.45, 7) is 9.49. The van der Waals surface area contributed by atoms with E-state index in [1.165, 1.54) is 0 Å². The Kier molecular flexibility index (Phi) is 5.35. The molecule has 0 aliphatic carbocycles. The van der Waals surface area contributed by atoms with E-state index in [-0.39, 0.29) is 5.91 Å². The lowest BCUT2D eigenvalue weighted by atomic mass is 10.1. The predicted molar refractivity (Wildman–Crippen MR) is 84.5 cm³/mol. The van der Waals surface area contributed by atoms with Crippen molar-refractivity contribution in [3.8, 4) is 0 Å². The monoisotopic (exact) mass is 311 g/mol. The van der Waals surface area contributed by atoms with Crippen LogP contribution in [-0.4, -0.2) is 64.1 Å². The van der Waals surface area contributed by atoms with Crippen LogP contribution in [0.1, 0.15) is 31.5 Å². The molecule has 0 aromatic carbocycles. The van der Waals surface area contributed by atoms with Crippen LogP contribution < -0.4 is 0 Å². The molecule has 0 bridgehead atoms. The van der Waals surface area contributed by atoms with Gasteiger partial charge in [-0.15, -0.1) is 11.3 Å². The third-order valence-electron chi connectivity index (χ3n) is 3.57. The first-order valence-electron chi connectivity index (χ1n) is 7.53. The van der Waals surface area contributed by atoms with Crippen molar-refractivity contribution in [1.29, 1.82) is 0 Å². The van der Waals surface area contributed by atoms with Crippen LogP contribution in [0.5, 0.6) is 0 Å². The quantitative estimate of drug-likeness (QED) is 0.887. The minimum absolute atomic E-state index is 0.158. The average molecular weight is 311 g/mol. The Morgan fingerprint density at radius 3 is 2.57 bits per heavy atom. The molecule has 2 heterocycles. The van der Waals surface area contributed by atoms with E-state index in [0.717, 1.165) is 43.3 Å². The number of piperazine rings is 1. The molecule has 1 saturated heterocycles. The Labute approximate surface area is 130 Å². The van der Waals surface area contributed by atoms with E-state index in [2.05, 4.69) is 16.8 Å². The van der Waals surface area contributed by atoms with Gasteiger partial charge >= 0.3 is 0 Å². The molecule has 1 aliphatic heterocycles. The van der Waals surface area contributed by atoms with Crippen LogP contribution >= 0.6 is 11.3 Å². The van der Waals surface area contributed by atoms with E-state index < -0.39 is 5.60 Å². The molecule has 1 amide bonds. The summed E-state index contributed by atoms with van der Waals surface area (Å²) in [5.41, 5.74) is 0.212. The first-order chi connectivity index (χ1) is 9.87. The molecular formula is C15H25N3O2S. The smallest absolute Gasteiger partial charge is 0.228 e. The van der Waals surface area contributed by atoms with Gasteiger partial charge in [0.1, 0.15) is 0 Å². The van der Waals surface area contributed by atoms with Gasteiger partial charge in [-0.1, -0.05) is 6.92 Å². The van der Waals surface area contributed by atoms with Crippen molar-refractivity contribution in [3.63, 3.8) is 0 Å². The molecule has 1 aliphatic rings. The number of carbonyl (C=O) groups excluding carboxylic acids is 1. The van der Waals surface area contributed by atoms with Crippen molar-refractivity contribution in [2.24, 2.45) is 0 Å². The Hall–Kier alpha value is -0.980. The van der Waals surface area contributed by atoms with Crippen molar-refractivity contribution in [2.75, 3.05) is 32.7 Å². The van der Waals surface area contributed by atoms with Crippen LogP contribution in [0.25, 0.3) is 0 Å².